The molecule has 4 aliphatic heterocycles. The summed E-state index contributed by atoms with van der Waals surface area (Å²) in [4.78, 5) is 70.7. The maximum atomic E-state index is 12.8. The first-order valence-electron chi connectivity index (χ1n) is 25.8. The van der Waals surface area contributed by atoms with E-state index in [0.717, 1.165) is 95.1 Å². The highest BCUT2D eigenvalue weighted by atomic mass is 79.9. The Kier molecular flexibility index (Phi) is 22.7. The SMILES string of the molecule is Brc1cnc2c(c1)CNCCN2.CC(C)(C)OC(=O)N1CCNc2ncc(Br)cc2C1.Cc1c(CN(C)C(=O)/C=C/c2cnc3c(c2)CN(C(=O)OC(C)(C)C)CCN3)oc2ccccc12.Cl.O=C1CNCc2cc(Br)cnc2N1. The summed E-state index contributed by atoms with van der Waals surface area (Å²) in [5, 5.41) is 19.8. The summed E-state index contributed by atoms with van der Waals surface area (Å²) in [5.41, 5.74) is 5.68. The first-order chi connectivity index (χ1) is 37.6. The minimum absolute atomic E-state index is 0. The van der Waals surface area contributed by atoms with Gasteiger partial charge in [-0.15, -0.1) is 12.4 Å². The second-order valence-corrected chi connectivity index (χ2v) is 23.6. The van der Waals surface area contributed by atoms with E-state index in [1.807, 2.05) is 97.1 Å². The molecule has 6 N–H and O–H groups in total. The Hall–Kier alpha value is -6.37. The molecule has 80 heavy (non-hydrogen) atoms. The van der Waals surface area contributed by atoms with Gasteiger partial charge in [0, 0.05) is 137 Å². The molecule has 428 valence electrons. The van der Waals surface area contributed by atoms with E-state index in [0.29, 0.717) is 64.7 Å². The number of nitrogens with one attached hydrogen (secondary N) is 6. The molecular formula is C56H69Br3ClN13O7. The lowest BCUT2D eigenvalue weighted by molar-refractivity contribution is -0.125. The van der Waals surface area contributed by atoms with E-state index in [9.17, 15) is 19.2 Å². The number of aryl methyl sites for hydroxylation is 1. The topological polar surface area (TPSA) is 233 Å². The van der Waals surface area contributed by atoms with Gasteiger partial charge < -0.3 is 60.5 Å². The lowest BCUT2D eigenvalue weighted by Gasteiger charge is -2.26. The number of aromatic nitrogens is 4. The smallest absolute Gasteiger partial charge is 0.410 e. The Morgan fingerprint density at radius 2 is 1.18 bits per heavy atom. The van der Waals surface area contributed by atoms with E-state index in [2.05, 4.69) is 106 Å². The Bertz CT molecular complexity index is 3170. The number of ether oxygens (including phenoxy) is 2. The second-order valence-electron chi connectivity index (χ2n) is 20.8. The molecule has 0 saturated carbocycles. The summed E-state index contributed by atoms with van der Waals surface area (Å²) in [5.74, 6) is 3.80. The fraction of sp³-hybridized carbons (Fsp3) is 0.393. The standard InChI is InChI=1S/C27H32N4O4.C13H18BrN3O2.C8H8BrN3O.C8H10BrN3.ClH/c1-18-21-8-6-7-9-22(21)34-23(18)17-30(5)24(32)11-10-19-14-20-16-31(26(33)35-27(2,3)4)13-12-28-25(20)29-15-19;1-13(2,3)19-12(18)17-5-4-15-11-9(8-17)6-10(14)7-16-11;9-6-1-5-2-10-4-7(13)12-8(5)11-3-6;9-7-3-6-4-10-1-2-11-8(6)12-5-7;/h6-11,14-15H,12-13,16-17H2,1-5H3,(H,28,29);6-7H,4-5,8H2,1-3H3,(H,15,16);1,3,10H,2,4H2,(H,11,12,13);3,5,10H,1-2,4H2,(H,11,12);1H/b11-10+;;;;. The maximum absolute atomic E-state index is 12.8. The van der Waals surface area contributed by atoms with Crippen molar-refractivity contribution in [2.24, 2.45) is 0 Å². The van der Waals surface area contributed by atoms with Crippen LogP contribution in [0, 0.1) is 6.92 Å². The van der Waals surface area contributed by atoms with Gasteiger partial charge in [-0.25, -0.2) is 29.5 Å². The zero-order valence-electron chi connectivity index (χ0n) is 46.1. The van der Waals surface area contributed by atoms with Crippen LogP contribution in [0.5, 0.6) is 0 Å². The Balaban J connectivity index is 0.000000191. The number of nitrogens with zero attached hydrogens (tertiary/aromatic N) is 7. The number of hydrogen-bond acceptors (Lipinski definition) is 16. The summed E-state index contributed by atoms with van der Waals surface area (Å²) in [6.07, 6.45) is 9.56. The van der Waals surface area contributed by atoms with E-state index in [-0.39, 0.29) is 36.4 Å². The summed E-state index contributed by atoms with van der Waals surface area (Å²) >= 11 is 10.1. The van der Waals surface area contributed by atoms with Crippen LogP contribution < -0.4 is 31.9 Å². The van der Waals surface area contributed by atoms with Crippen LogP contribution in [0.2, 0.25) is 0 Å². The van der Waals surface area contributed by atoms with Gasteiger partial charge in [0.1, 0.15) is 45.8 Å². The molecule has 9 heterocycles. The van der Waals surface area contributed by atoms with Crippen molar-refractivity contribution >= 4 is 125 Å². The van der Waals surface area contributed by atoms with Crippen molar-refractivity contribution in [1.29, 1.82) is 0 Å². The predicted molar refractivity (Wildman–Crippen MR) is 325 cm³/mol. The highest BCUT2D eigenvalue weighted by Crippen LogP contribution is 2.28. The molecule has 6 aromatic rings. The van der Waals surface area contributed by atoms with Crippen LogP contribution in [-0.4, -0.2) is 123 Å². The van der Waals surface area contributed by atoms with Crippen molar-refractivity contribution in [2.75, 3.05) is 74.1 Å². The van der Waals surface area contributed by atoms with Gasteiger partial charge in [0.05, 0.1) is 26.2 Å². The quantitative estimate of drug-likeness (QED) is 0.0901. The summed E-state index contributed by atoms with van der Waals surface area (Å²) < 4.78 is 19.7. The van der Waals surface area contributed by atoms with Gasteiger partial charge in [-0.05, 0) is 138 Å². The van der Waals surface area contributed by atoms with E-state index in [1.54, 1.807) is 46.4 Å². The summed E-state index contributed by atoms with van der Waals surface area (Å²) in [6, 6.07) is 15.8. The maximum Gasteiger partial charge on any atom is 0.410 e. The number of halogens is 4. The largest absolute Gasteiger partial charge is 0.459 e. The molecule has 0 saturated heterocycles. The minimum atomic E-state index is -0.560. The van der Waals surface area contributed by atoms with Crippen LogP contribution in [0.3, 0.4) is 0 Å². The van der Waals surface area contributed by atoms with Crippen molar-refractivity contribution in [3.05, 3.63) is 132 Å². The fourth-order valence-electron chi connectivity index (χ4n) is 8.26. The number of fused-ring (bicyclic) bond motifs is 5. The number of amides is 4. The summed E-state index contributed by atoms with van der Waals surface area (Å²) in [7, 11) is 1.75. The zero-order valence-corrected chi connectivity index (χ0v) is 51.7. The van der Waals surface area contributed by atoms with Crippen molar-refractivity contribution in [3.8, 4) is 0 Å². The number of likely N-dealkylation sites (N-methyl/N-ethyl adjacent to an activating group) is 1. The number of rotatable bonds is 4. The lowest BCUT2D eigenvalue weighted by Crippen LogP contribution is -2.37. The number of furan rings is 1. The fourth-order valence-corrected chi connectivity index (χ4v) is 9.40. The molecule has 5 aromatic heterocycles. The van der Waals surface area contributed by atoms with E-state index in [1.165, 1.54) is 11.6 Å². The average Bonchev–Trinajstić information content (AvgIpc) is 3.82. The number of hydrogen-bond donors (Lipinski definition) is 6. The van der Waals surface area contributed by atoms with Crippen molar-refractivity contribution in [1.82, 2.24) is 45.3 Å². The van der Waals surface area contributed by atoms with Crippen LogP contribution in [0.1, 0.15) is 80.7 Å². The van der Waals surface area contributed by atoms with Crippen LogP contribution in [0.25, 0.3) is 17.0 Å². The summed E-state index contributed by atoms with van der Waals surface area (Å²) in [6.45, 7) is 20.6. The number of carbonyl (C=O) groups excluding carboxylic acids is 4. The van der Waals surface area contributed by atoms with Crippen molar-refractivity contribution in [3.63, 3.8) is 0 Å². The molecule has 4 amide bonds. The third kappa shape index (κ3) is 18.9. The Morgan fingerprint density at radius 1 is 0.675 bits per heavy atom. The van der Waals surface area contributed by atoms with E-state index >= 15 is 0 Å². The molecule has 10 rings (SSSR count). The lowest BCUT2D eigenvalue weighted by atomic mass is 10.1. The third-order valence-corrected chi connectivity index (χ3v) is 13.3. The second kappa shape index (κ2) is 28.9. The monoisotopic (exact) mass is 1310 g/mol. The molecular weight excluding hydrogens is 1240 g/mol. The molecule has 24 heteroatoms. The first kappa shape index (κ1) is 62.8. The molecule has 0 atom stereocenters. The van der Waals surface area contributed by atoms with Crippen LogP contribution in [0.4, 0.5) is 32.9 Å². The average molecular weight is 1310 g/mol. The van der Waals surface area contributed by atoms with Gasteiger partial charge >= 0.3 is 12.2 Å². The number of pyridine rings is 4. The molecule has 0 spiro atoms. The van der Waals surface area contributed by atoms with Gasteiger partial charge in [-0.2, -0.15) is 0 Å². The first-order valence-corrected chi connectivity index (χ1v) is 28.2. The van der Waals surface area contributed by atoms with Crippen molar-refractivity contribution in [2.45, 2.75) is 92.4 Å². The predicted octanol–water partition coefficient (Wildman–Crippen LogP) is 10.6. The zero-order chi connectivity index (χ0) is 56.9. The highest BCUT2D eigenvalue weighted by Gasteiger charge is 2.27. The number of anilines is 4. The number of para-hydroxylation sites is 1. The van der Waals surface area contributed by atoms with E-state index in [4.69, 9.17) is 13.9 Å². The molecule has 20 nitrogen and oxygen atoms in total. The van der Waals surface area contributed by atoms with Gasteiger partial charge in [0.15, 0.2) is 0 Å². The number of benzene rings is 1. The van der Waals surface area contributed by atoms with Crippen molar-refractivity contribution < 1.29 is 33.1 Å². The molecule has 0 aliphatic carbocycles. The van der Waals surface area contributed by atoms with Gasteiger partial charge in [-0.1, -0.05) is 18.2 Å². The van der Waals surface area contributed by atoms with Gasteiger partial charge in [0.2, 0.25) is 11.8 Å². The molecule has 0 fully saturated rings. The molecule has 1 aromatic carbocycles. The highest BCUT2D eigenvalue weighted by molar-refractivity contribution is 9.11. The molecule has 0 radical (unpaired) electrons. The molecule has 0 unspecified atom stereocenters. The molecule has 4 aliphatic rings. The van der Waals surface area contributed by atoms with Gasteiger partial charge in [0.25, 0.3) is 0 Å². The third-order valence-electron chi connectivity index (χ3n) is 12.0. The van der Waals surface area contributed by atoms with Crippen LogP contribution in [0.15, 0.2) is 97.2 Å². The van der Waals surface area contributed by atoms with Crippen LogP contribution in [-0.2, 0) is 51.8 Å². The number of carbonyl (C=O) groups is 4. The van der Waals surface area contributed by atoms with Crippen LogP contribution >= 0.6 is 60.2 Å². The van der Waals surface area contributed by atoms with Gasteiger partial charge in [-0.3, -0.25) is 9.59 Å². The normalized spacial score (nSPS) is 14.7. The van der Waals surface area contributed by atoms with E-state index < -0.39 is 11.2 Å². The minimum Gasteiger partial charge on any atom is -0.459 e. The molecule has 0 bridgehead atoms. The Labute approximate surface area is 498 Å². The Morgan fingerprint density at radius 3 is 1.76 bits per heavy atom.